The zero-order valence-electron chi connectivity index (χ0n) is 5.78. The predicted molar refractivity (Wildman–Crippen MR) is 43.0 cm³/mol. The Hall–Kier alpha value is 0.200. The molecule has 0 aromatic carbocycles. The minimum Gasteiger partial charge on any atom is -0.327 e. The summed E-state index contributed by atoms with van der Waals surface area (Å²) in [6.45, 7) is 1.87. The summed E-state index contributed by atoms with van der Waals surface area (Å²) < 4.78 is 21.5. The van der Waals surface area contributed by atoms with E-state index in [2.05, 4.69) is 0 Å². The minimum atomic E-state index is -2.77. The van der Waals surface area contributed by atoms with Gasteiger partial charge in [0.2, 0.25) is 0 Å². The van der Waals surface area contributed by atoms with Crippen LogP contribution in [0, 0.1) is 5.92 Å². The highest BCUT2D eigenvalue weighted by Crippen LogP contribution is 2.15. The number of hydrogen-bond acceptors (Lipinski definition) is 3. The molecule has 62 valence electrons. The molecule has 2 atom stereocenters. The largest absolute Gasteiger partial charge is 0.327 e. The first-order chi connectivity index (χ1) is 4.01. The van der Waals surface area contributed by atoms with Gasteiger partial charge in [-0.25, -0.2) is 8.42 Å². The molecule has 0 aromatic heterocycles. The monoisotopic (exact) mass is 185 g/mol. The molecule has 0 radical (unpaired) electrons. The Morgan fingerprint density at radius 1 is 1.40 bits per heavy atom. The van der Waals surface area contributed by atoms with Gasteiger partial charge < -0.3 is 5.73 Å². The highest BCUT2D eigenvalue weighted by Gasteiger charge is 2.31. The lowest BCUT2D eigenvalue weighted by Crippen LogP contribution is -2.26. The molecule has 0 saturated carbocycles. The molecule has 0 unspecified atom stereocenters. The lowest BCUT2D eigenvalue weighted by atomic mass is 10.1. The van der Waals surface area contributed by atoms with Crippen molar-refractivity contribution in [2.24, 2.45) is 11.7 Å². The third kappa shape index (κ3) is 2.11. The third-order valence-corrected chi connectivity index (χ3v) is 3.62. The molecule has 1 saturated heterocycles. The second-order valence-corrected chi connectivity index (χ2v) is 4.87. The average Bonchev–Trinajstić information content (AvgIpc) is 1.79. The molecule has 5 heteroatoms. The first-order valence-corrected chi connectivity index (χ1v) is 4.79. The molecular weight excluding hydrogens is 174 g/mol. The van der Waals surface area contributed by atoms with Crippen molar-refractivity contribution in [1.82, 2.24) is 0 Å². The van der Waals surface area contributed by atoms with Crippen LogP contribution in [0.4, 0.5) is 0 Å². The molecule has 1 rings (SSSR count). The van der Waals surface area contributed by atoms with Crippen molar-refractivity contribution in [2.75, 3.05) is 11.5 Å². The lowest BCUT2D eigenvalue weighted by Gasteiger charge is -2.02. The fourth-order valence-corrected chi connectivity index (χ4v) is 3.15. The van der Waals surface area contributed by atoms with Crippen LogP contribution in [0.25, 0.3) is 0 Å². The van der Waals surface area contributed by atoms with Gasteiger partial charge in [0.25, 0.3) is 0 Å². The summed E-state index contributed by atoms with van der Waals surface area (Å²) in [6.07, 6.45) is 0. The summed E-state index contributed by atoms with van der Waals surface area (Å²) >= 11 is 0. The molecule has 1 aliphatic rings. The Labute approximate surface area is 67.3 Å². The van der Waals surface area contributed by atoms with Crippen molar-refractivity contribution >= 4 is 22.2 Å². The van der Waals surface area contributed by atoms with Gasteiger partial charge in [-0.3, -0.25) is 0 Å². The molecule has 0 spiro atoms. The summed E-state index contributed by atoms with van der Waals surface area (Å²) in [5, 5.41) is 0. The molecule has 2 N–H and O–H groups in total. The van der Waals surface area contributed by atoms with Crippen LogP contribution >= 0.6 is 12.4 Å². The molecule has 0 amide bonds. The maximum atomic E-state index is 10.8. The number of hydrogen-bond donors (Lipinski definition) is 1. The molecule has 0 aromatic rings. The highest BCUT2D eigenvalue weighted by atomic mass is 35.5. The Morgan fingerprint density at radius 2 is 1.90 bits per heavy atom. The normalized spacial score (nSPS) is 37.0. The van der Waals surface area contributed by atoms with E-state index in [0.717, 1.165) is 0 Å². The smallest absolute Gasteiger partial charge is 0.152 e. The second kappa shape index (κ2) is 3.07. The molecule has 10 heavy (non-hydrogen) atoms. The van der Waals surface area contributed by atoms with Gasteiger partial charge in [0.15, 0.2) is 9.84 Å². The molecule has 0 bridgehead atoms. The zero-order valence-corrected chi connectivity index (χ0v) is 7.41. The first kappa shape index (κ1) is 10.2. The number of sulfone groups is 1. The van der Waals surface area contributed by atoms with Crippen molar-refractivity contribution in [3.63, 3.8) is 0 Å². The van der Waals surface area contributed by atoms with E-state index in [0.29, 0.717) is 0 Å². The van der Waals surface area contributed by atoms with E-state index in [4.69, 9.17) is 5.73 Å². The third-order valence-electron chi connectivity index (χ3n) is 1.69. The van der Waals surface area contributed by atoms with Gasteiger partial charge in [0.1, 0.15) is 0 Å². The average molecular weight is 186 g/mol. The van der Waals surface area contributed by atoms with Gasteiger partial charge in [0, 0.05) is 6.04 Å². The number of rotatable bonds is 0. The summed E-state index contributed by atoms with van der Waals surface area (Å²) in [6, 6.07) is -0.130. The SMILES string of the molecule is C[C@@H]1CS(=O)(=O)C[C@H]1N.Cl. The van der Waals surface area contributed by atoms with Crippen molar-refractivity contribution < 1.29 is 8.42 Å². The van der Waals surface area contributed by atoms with E-state index in [1.807, 2.05) is 6.92 Å². The van der Waals surface area contributed by atoms with Crippen LogP contribution in [0.3, 0.4) is 0 Å². The van der Waals surface area contributed by atoms with E-state index >= 15 is 0 Å². The van der Waals surface area contributed by atoms with Gasteiger partial charge in [-0.15, -0.1) is 12.4 Å². The molecule has 1 aliphatic heterocycles. The topological polar surface area (TPSA) is 60.2 Å². The van der Waals surface area contributed by atoms with Crippen LogP contribution in [0.2, 0.25) is 0 Å². The van der Waals surface area contributed by atoms with E-state index in [1.54, 1.807) is 0 Å². The Balaban J connectivity index is 0.000000810. The molecule has 0 aliphatic carbocycles. The zero-order chi connectivity index (χ0) is 7.07. The van der Waals surface area contributed by atoms with Gasteiger partial charge in [-0.1, -0.05) is 6.92 Å². The highest BCUT2D eigenvalue weighted by molar-refractivity contribution is 7.91. The van der Waals surface area contributed by atoms with Gasteiger partial charge in [0.05, 0.1) is 11.5 Å². The van der Waals surface area contributed by atoms with Crippen molar-refractivity contribution in [2.45, 2.75) is 13.0 Å². The maximum absolute atomic E-state index is 10.8. The summed E-state index contributed by atoms with van der Waals surface area (Å²) in [7, 11) is -2.77. The standard InChI is InChI=1S/C5H11NO2S.ClH/c1-4-2-9(7,8)3-5(4)6;/h4-5H,2-3,6H2,1H3;1H/t4-,5-;/m1./s1. The minimum absolute atomic E-state index is 0. The Morgan fingerprint density at radius 3 is 2.00 bits per heavy atom. The van der Waals surface area contributed by atoms with Crippen LogP contribution in [-0.2, 0) is 9.84 Å². The lowest BCUT2D eigenvalue weighted by molar-refractivity contribution is 0.566. The Kier molecular flexibility index (Phi) is 3.13. The molecule has 1 fully saturated rings. The van der Waals surface area contributed by atoms with Crippen molar-refractivity contribution in [3.8, 4) is 0 Å². The summed E-state index contributed by atoms with van der Waals surface area (Å²) in [4.78, 5) is 0. The predicted octanol–water partition coefficient (Wildman–Crippen LogP) is -0.200. The van der Waals surface area contributed by atoms with E-state index in [1.165, 1.54) is 0 Å². The maximum Gasteiger partial charge on any atom is 0.152 e. The molecule has 1 heterocycles. The van der Waals surface area contributed by atoms with Crippen LogP contribution in [0.15, 0.2) is 0 Å². The second-order valence-electron chi connectivity index (χ2n) is 2.72. The molecule has 3 nitrogen and oxygen atoms in total. The quantitative estimate of drug-likeness (QED) is 0.569. The molecular formula is C5H12ClNO2S. The summed E-state index contributed by atoms with van der Waals surface area (Å²) in [5.74, 6) is 0.595. The fraction of sp³-hybridized carbons (Fsp3) is 1.00. The van der Waals surface area contributed by atoms with Crippen LogP contribution < -0.4 is 5.73 Å². The van der Waals surface area contributed by atoms with Crippen molar-refractivity contribution in [1.29, 1.82) is 0 Å². The van der Waals surface area contributed by atoms with E-state index < -0.39 is 9.84 Å². The summed E-state index contributed by atoms with van der Waals surface area (Å²) in [5.41, 5.74) is 5.47. The number of nitrogens with two attached hydrogens (primary N) is 1. The van der Waals surface area contributed by atoms with Crippen molar-refractivity contribution in [3.05, 3.63) is 0 Å². The van der Waals surface area contributed by atoms with Gasteiger partial charge >= 0.3 is 0 Å². The van der Waals surface area contributed by atoms with E-state index in [-0.39, 0.29) is 35.9 Å². The first-order valence-electron chi connectivity index (χ1n) is 2.97. The van der Waals surface area contributed by atoms with Crippen LogP contribution in [0.1, 0.15) is 6.92 Å². The van der Waals surface area contributed by atoms with Crippen LogP contribution in [0.5, 0.6) is 0 Å². The van der Waals surface area contributed by atoms with Gasteiger partial charge in [-0.05, 0) is 5.92 Å². The van der Waals surface area contributed by atoms with Crippen LogP contribution in [-0.4, -0.2) is 26.0 Å². The number of halogens is 1. The van der Waals surface area contributed by atoms with Gasteiger partial charge in [-0.2, -0.15) is 0 Å². The Bertz CT molecular complexity index is 186. The van der Waals surface area contributed by atoms with E-state index in [9.17, 15) is 8.42 Å². The fourth-order valence-electron chi connectivity index (χ4n) is 1.05.